The van der Waals surface area contributed by atoms with Crippen molar-refractivity contribution >= 4 is 12.1 Å². The molecule has 1 aromatic carbocycles. The van der Waals surface area contributed by atoms with Gasteiger partial charge < -0.3 is 9.64 Å². The molecule has 1 fully saturated rings. The van der Waals surface area contributed by atoms with Gasteiger partial charge in [-0.3, -0.25) is 4.79 Å². The van der Waals surface area contributed by atoms with E-state index < -0.39 is 11.7 Å². The standard InChI is InChI=1S/C18H17F3N2O2/c19-18(20,21)16-2-1-9-22-17(16)23-10-7-15(8-11-23)25-14-5-3-13(12-24)4-6-14/h1-6,9,12,15H,7-8,10-11H2. The van der Waals surface area contributed by atoms with E-state index in [0.717, 1.165) is 12.4 Å². The number of nitrogens with zero attached hydrogens (tertiary/aromatic N) is 2. The van der Waals surface area contributed by atoms with Gasteiger partial charge in [-0.2, -0.15) is 13.2 Å². The molecule has 0 unspecified atom stereocenters. The SMILES string of the molecule is O=Cc1ccc(OC2CCN(c3ncccc3C(F)(F)F)CC2)cc1. The molecule has 1 aromatic heterocycles. The minimum Gasteiger partial charge on any atom is -0.490 e. The second-order valence-electron chi connectivity index (χ2n) is 5.86. The molecule has 0 N–H and O–H groups in total. The Hall–Kier alpha value is -2.57. The van der Waals surface area contributed by atoms with Crippen LogP contribution in [0.4, 0.5) is 19.0 Å². The molecule has 0 spiro atoms. The van der Waals surface area contributed by atoms with Crippen molar-refractivity contribution in [3.8, 4) is 5.75 Å². The van der Waals surface area contributed by atoms with Gasteiger partial charge >= 0.3 is 6.18 Å². The van der Waals surface area contributed by atoms with Crippen LogP contribution in [0.5, 0.6) is 5.75 Å². The Kier molecular flexibility index (Phi) is 4.92. The molecule has 0 saturated carbocycles. The smallest absolute Gasteiger partial charge is 0.419 e. The minimum atomic E-state index is -4.42. The number of ether oxygens (including phenoxy) is 1. The van der Waals surface area contributed by atoms with Crippen LogP contribution in [-0.2, 0) is 6.18 Å². The highest BCUT2D eigenvalue weighted by atomic mass is 19.4. The number of pyridine rings is 1. The van der Waals surface area contributed by atoms with E-state index in [1.54, 1.807) is 29.2 Å². The maximum Gasteiger partial charge on any atom is 0.419 e. The van der Waals surface area contributed by atoms with Gasteiger partial charge in [0.25, 0.3) is 0 Å². The molecule has 2 heterocycles. The van der Waals surface area contributed by atoms with Gasteiger partial charge in [-0.1, -0.05) is 0 Å². The van der Waals surface area contributed by atoms with Crippen molar-refractivity contribution in [2.75, 3.05) is 18.0 Å². The molecule has 25 heavy (non-hydrogen) atoms. The van der Waals surface area contributed by atoms with Gasteiger partial charge in [-0.25, -0.2) is 4.98 Å². The third-order valence-corrected chi connectivity index (χ3v) is 4.15. The highest BCUT2D eigenvalue weighted by molar-refractivity contribution is 5.74. The molecule has 4 nitrogen and oxygen atoms in total. The fraction of sp³-hybridized carbons (Fsp3) is 0.333. The Morgan fingerprint density at radius 3 is 2.40 bits per heavy atom. The first-order valence-corrected chi connectivity index (χ1v) is 7.96. The molecular formula is C18H17F3N2O2. The van der Waals surface area contributed by atoms with Crippen molar-refractivity contribution < 1.29 is 22.7 Å². The first-order valence-electron chi connectivity index (χ1n) is 7.96. The molecule has 2 aromatic rings. The summed E-state index contributed by atoms with van der Waals surface area (Å²) in [4.78, 5) is 16.2. The number of aromatic nitrogens is 1. The molecular weight excluding hydrogens is 333 g/mol. The average Bonchev–Trinajstić information content (AvgIpc) is 2.62. The maximum atomic E-state index is 13.1. The third-order valence-electron chi connectivity index (χ3n) is 4.15. The van der Waals surface area contributed by atoms with Gasteiger partial charge in [0.05, 0.1) is 5.56 Å². The predicted octanol–water partition coefficient (Wildman–Crippen LogP) is 3.96. The average molecular weight is 350 g/mol. The van der Waals surface area contributed by atoms with Crippen molar-refractivity contribution in [3.05, 3.63) is 53.7 Å². The van der Waals surface area contributed by atoms with E-state index in [1.165, 1.54) is 12.3 Å². The van der Waals surface area contributed by atoms with Crippen LogP contribution >= 0.6 is 0 Å². The topological polar surface area (TPSA) is 42.4 Å². The van der Waals surface area contributed by atoms with E-state index in [9.17, 15) is 18.0 Å². The summed E-state index contributed by atoms with van der Waals surface area (Å²) in [6, 6.07) is 9.12. The van der Waals surface area contributed by atoms with Crippen LogP contribution in [0.25, 0.3) is 0 Å². The fourth-order valence-corrected chi connectivity index (χ4v) is 2.87. The van der Waals surface area contributed by atoms with Gasteiger partial charge in [0.15, 0.2) is 0 Å². The summed E-state index contributed by atoms with van der Waals surface area (Å²) in [6.45, 7) is 0.883. The zero-order valence-corrected chi connectivity index (χ0v) is 13.4. The Morgan fingerprint density at radius 1 is 1.12 bits per heavy atom. The lowest BCUT2D eigenvalue weighted by Gasteiger charge is -2.34. The Morgan fingerprint density at radius 2 is 1.80 bits per heavy atom. The van der Waals surface area contributed by atoms with Gasteiger partial charge in [-0.15, -0.1) is 0 Å². The van der Waals surface area contributed by atoms with E-state index in [-0.39, 0.29) is 11.9 Å². The van der Waals surface area contributed by atoms with Crippen molar-refractivity contribution in [1.82, 2.24) is 4.98 Å². The minimum absolute atomic E-state index is 0.0243. The van der Waals surface area contributed by atoms with E-state index in [2.05, 4.69) is 4.98 Å². The summed E-state index contributed by atoms with van der Waals surface area (Å²) in [7, 11) is 0. The number of carbonyl (C=O) groups excluding carboxylic acids is 1. The van der Waals surface area contributed by atoms with Crippen LogP contribution in [0.1, 0.15) is 28.8 Å². The quantitative estimate of drug-likeness (QED) is 0.783. The maximum absolute atomic E-state index is 13.1. The first kappa shape index (κ1) is 17.3. The van der Waals surface area contributed by atoms with Crippen LogP contribution in [-0.4, -0.2) is 30.5 Å². The molecule has 0 radical (unpaired) electrons. The van der Waals surface area contributed by atoms with E-state index >= 15 is 0 Å². The molecule has 7 heteroatoms. The second-order valence-corrected chi connectivity index (χ2v) is 5.86. The number of anilines is 1. The largest absolute Gasteiger partial charge is 0.490 e. The van der Waals surface area contributed by atoms with Gasteiger partial charge in [0.1, 0.15) is 24.0 Å². The van der Waals surface area contributed by atoms with Gasteiger partial charge in [-0.05, 0) is 36.4 Å². The number of alkyl halides is 3. The highest BCUT2D eigenvalue weighted by Crippen LogP contribution is 2.36. The van der Waals surface area contributed by atoms with E-state index in [0.29, 0.717) is 37.2 Å². The van der Waals surface area contributed by atoms with Crippen LogP contribution < -0.4 is 9.64 Å². The zero-order valence-electron chi connectivity index (χ0n) is 13.4. The van der Waals surface area contributed by atoms with Crippen LogP contribution in [0.2, 0.25) is 0 Å². The molecule has 3 rings (SSSR count). The lowest BCUT2D eigenvalue weighted by molar-refractivity contribution is -0.137. The zero-order chi connectivity index (χ0) is 17.9. The number of carbonyl (C=O) groups is 1. The van der Waals surface area contributed by atoms with Gasteiger partial charge in [0, 0.05) is 37.7 Å². The Balaban J connectivity index is 1.63. The molecule has 0 bridgehead atoms. The van der Waals surface area contributed by atoms with Crippen molar-refractivity contribution in [2.24, 2.45) is 0 Å². The molecule has 1 saturated heterocycles. The summed E-state index contributed by atoms with van der Waals surface area (Å²) in [5.41, 5.74) is -0.143. The normalized spacial score (nSPS) is 15.9. The molecule has 0 atom stereocenters. The summed E-state index contributed by atoms with van der Waals surface area (Å²) >= 11 is 0. The van der Waals surface area contributed by atoms with Crippen molar-refractivity contribution in [1.29, 1.82) is 0 Å². The summed E-state index contributed by atoms with van der Waals surface area (Å²) in [6.07, 6.45) is -1.16. The molecule has 0 amide bonds. The number of benzene rings is 1. The fourth-order valence-electron chi connectivity index (χ4n) is 2.87. The number of hydrogen-bond donors (Lipinski definition) is 0. The van der Waals surface area contributed by atoms with Crippen molar-refractivity contribution in [2.45, 2.75) is 25.1 Å². The van der Waals surface area contributed by atoms with Crippen molar-refractivity contribution in [3.63, 3.8) is 0 Å². The van der Waals surface area contributed by atoms with Crippen LogP contribution in [0.15, 0.2) is 42.6 Å². The number of halogens is 3. The first-order chi connectivity index (χ1) is 12.0. The lowest BCUT2D eigenvalue weighted by Crippen LogP contribution is -2.39. The predicted molar refractivity (Wildman–Crippen MR) is 86.9 cm³/mol. The van der Waals surface area contributed by atoms with E-state index in [4.69, 9.17) is 4.74 Å². The van der Waals surface area contributed by atoms with Gasteiger partial charge in [0.2, 0.25) is 0 Å². The number of rotatable bonds is 4. The Labute approximate surface area is 143 Å². The lowest BCUT2D eigenvalue weighted by atomic mass is 10.1. The third kappa shape index (κ3) is 4.10. The molecule has 0 aliphatic carbocycles. The molecule has 132 valence electrons. The molecule has 1 aliphatic rings. The van der Waals surface area contributed by atoms with Crippen LogP contribution in [0, 0.1) is 0 Å². The van der Waals surface area contributed by atoms with Crippen LogP contribution in [0.3, 0.4) is 0 Å². The number of hydrogen-bond acceptors (Lipinski definition) is 4. The van der Waals surface area contributed by atoms with E-state index in [1.807, 2.05) is 0 Å². The Bertz CT molecular complexity index is 724. The number of aldehydes is 1. The summed E-state index contributed by atoms with van der Waals surface area (Å²) < 4.78 is 45.2. The molecule has 1 aliphatic heterocycles. The summed E-state index contributed by atoms with van der Waals surface area (Å²) in [5.74, 6) is 0.627. The monoisotopic (exact) mass is 350 g/mol. The number of piperidine rings is 1. The highest BCUT2D eigenvalue weighted by Gasteiger charge is 2.36. The second kappa shape index (κ2) is 7.13. The summed E-state index contributed by atoms with van der Waals surface area (Å²) in [5, 5.41) is 0.